The summed E-state index contributed by atoms with van der Waals surface area (Å²) in [5, 5.41) is 5.12. The predicted octanol–water partition coefficient (Wildman–Crippen LogP) is 2.13. The van der Waals surface area contributed by atoms with E-state index in [-0.39, 0.29) is 18.8 Å². The van der Waals surface area contributed by atoms with Crippen LogP contribution in [-0.4, -0.2) is 51.7 Å². The maximum atomic E-state index is 12.8. The number of carbonyl (C=O) groups excluding carboxylic acids is 2. The third-order valence-electron chi connectivity index (χ3n) is 4.41. The molecule has 2 aromatic rings. The van der Waals surface area contributed by atoms with Crippen molar-refractivity contribution in [2.75, 3.05) is 30.5 Å². The molecule has 3 rings (SSSR count). The second-order valence-corrected chi connectivity index (χ2v) is 9.28. The molecule has 0 spiro atoms. The van der Waals surface area contributed by atoms with Crippen molar-refractivity contribution >= 4 is 27.5 Å². The van der Waals surface area contributed by atoms with Gasteiger partial charge in [-0.2, -0.15) is 0 Å². The Morgan fingerprint density at radius 3 is 2.48 bits per heavy atom. The monoisotopic (exact) mass is 448 g/mol. The van der Waals surface area contributed by atoms with Gasteiger partial charge in [0, 0.05) is 18.0 Å². The van der Waals surface area contributed by atoms with Crippen LogP contribution < -0.4 is 20.1 Å². The number of hydrogen-bond donors (Lipinski definition) is 2. The number of nitrogens with one attached hydrogen (secondary N) is 2. The molecule has 2 N–H and O–H groups in total. The Bertz CT molecular complexity index is 1030. The van der Waals surface area contributed by atoms with E-state index in [1.54, 1.807) is 30.3 Å². The SMILES string of the molecule is CS(=O)(=O)CCC(NC(=O)OCc1ccccc1)C(=O)Nc1ccc2c(c1)OCCO2. The molecule has 10 heteroatoms. The third kappa shape index (κ3) is 7.18. The van der Waals surface area contributed by atoms with Crippen LogP contribution in [-0.2, 0) is 26.0 Å². The van der Waals surface area contributed by atoms with Crippen LogP contribution in [0.2, 0.25) is 0 Å². The number of ether oxygens (including phenoxy) is 3. The summed E-state index contributed by atoms with van der Waals surface area (Å²) in [6, 6.07) is 12.8. The van der Waals surface area contributed by atoms with E-state index in [2.05, 4.69) is 10.6 Å². The number of benzene rings is 2. The number of sulfone groups is 1. The summed E-state index contributed by atoms with van der Waals surface area (Å²) in [5.41, 5.74) is 1.21. The molecule has 0 saturated carbocycles. The number of carbonyl (C=O) groups is 2. The van der Waals surface area contributed by atoms with Crippen molar-refractivity contribution in [2.45, 2.75) is 19.1 Å². The molecule has 0 aliphatic carbocycles. The van der Waals surface area contributed by atoms with Crippen molar-refractivity contribution in [3.63, 3.8) is 0 Å². The molecule has 2 aromatic carbocycles. The van der Waals surface area contributed by atoms with Crippen molar-refractivity contribution in [3.8, 4) is 11.5 Å². The van der Waals surface area contributed by atoms with Gasteiger partial charge in [-0.05, 0) is 24.1 Å². The predicted molar refractivity (Wildman–Crippen MR) is 114 cm³/mol. The quantitative estimate of drug-likeness (QED) is 0.635. The van der Waals surface area contributed by atoms with Gasteiger partial charge in [0.2, 0.25) is 5.91 Å². The minimum atomic E-state index is -3.34. The largest absolute Gasteiger partial charge is 0.486 e. The summed E-state index contributed by atoms with van der Waals surface area (Å²) < 4.78 is 39.2. The van der Waals surface area contributed by atoms with E-state index in [9.17, 15) is 18.0 Å². The maximum Gasteiger partial charge on any atom is 0.408 e. The number of alkyl carbamates (subject to hydrolysis) is 1. The maximum absolute atomic E-state index is 12.8. The van der Waals surface area contributed by atoms with Gasteiger partial charge in [0.25, 0.3) is 0 Å². The average Bonchev–Trinajstić information content (AvgIpc) is 2.75. The van der Waals surface area contributed by atoms with E-state index < -0.39 is 27.9 Å². The molecule has 0 bridgehead atoms. The van der Waals surface area contributed by atoms with Crippen molar-refractivity contribution in [1.82, 2.24) is 5.32 Å². The molecular formula is C21H24N2O7S. The highest BCUT2D eigenvalue weighted by atomic mass is 32.2. The number of amides is 2. The van der Waals surface area contributed by atoms with E-state index >= 15 is 0 Å². The zero-order valence-electron chi connectivity index (χ0n) is 17.0. The lowest BCUT2D eigenvalue weighted by Crippen LogP contribution is -2.45. The average molecular weight is 448 g/mol. The molecule has 166 valence electrons. The Morgan fingerprint density at radius 1 is 1.06 bits per heavy atom. The zero-order chi connectivity index (χ0) is 22.3. The summed E-state index contributed by atoms with van der Waals surface area (Å²) in [6.07, 6.45) is 0.145. The molecule has 0 aromatic heterocycles. The van der Waals surface area contributed by atoms with E-state index in [0.717, 1.165) is 11.8 Å². The first-order valence-corrected chi connectivity index (χ1v) is 11.7. The molecule has 1 atom stereocenters. The van der Waals surface area contributed by atoms with Gasteiger partial charge in [0.1, 0.15) is 35.7 Å². The minimum Gasteiger partial charge on any atom is -0.486 e. The topological polar surface area (TPSA) is 120 Å². The molecule has 0 radical (unpaired) electrons. The number of fused-ring (bicyclic) bond motifs is 1. The number of anilines is 1. The fourth-order valence-corrected chi connectivity index (χ4v) is 3.52. The molecule has 0 fully saturated rings. The second kappa shape index (κ2) is 10.2. The molecule has 2 amide bonds. The molecule has 1 aliphatic heterocycles. The summed E-state index contributed by atoms with van der Waals surface area (Å²) in [7, 11) is -3.34. The van der Waals surface area contributed by atoms with E-state index in [4.69, 9.17) is 14.2 Å². The molecule has 0 saturated heterocycles. The highest BCUT2D eigenvalue weighted by Crippen LogP contribution is 2.32. The van der Waals surface area contributed by atoms with Gasteiger partial charge in [0.05, 0.1) is 5.75 Å². The molecule has 1 heterocycles. The fraction of sp³-hybridized carbons (Fsp3) is 0.333. The molecule has 1 aliphatic rings. The third-order valence-corrected chi connectivity index (χ3v) is 5.39. The highest BCUT2D eigenvalue weighted by molar-refractivity contribution is 7.90. The van der Waals surface area contributed by atoms with Crippen LogP contribution in [0, 0.1) is 0 Å². The van der Waals surface area contributed by atoms with Gasteiger partial charge in [0.15, 0.2) is 11.5 Å². The van der Waals surface area contributed by atoms with Crippen LogP contribution in [0.5, 0.6) is 11.5 Å². The van der Waals surface area contributed by atoms with Crippen LogP contribution in [0.4, 0.5) is 10.5 Å². The lowest BCUT2D eigenvalue weighted by atomic mass is 10.2. The Hall–Kier alpha value is -3.27. The Balaban J connectivity index is 1.64. The minimum absolute atomic E-state index is 0.0231. The lowest BCUT2D eigenvalue weighted by Gasteiger charge is -2.21. The highest BCUT2D eigenvalue weighted by Gasteiger charge is 2.24. The van der Waals surface area contributed by atoms with Crippen LogP contribution in [0.3, 0.4) is 0 Å². The first kappa shape index (κ1) is 22.4. The van der Waals surface area contributed by atoms with Crippen molar-refractivity contribution in [2.24, 2.45) is 0 Å². The Kier molecular flexibility index (Phi) is 7.35. The van der Waals surface area contributed by atoms with Crippen LogP contribution in [0.15, 0.2) is 48.5 Å². The van der Waals surface area contributed by atoms with E-state index in [1.165, 1.54) is 0 Å². The molecule has 1 unspecified atom stereocenters. The van der Waals surface area contributed by atoms with Gasteiger partial charge in [-0.1, -0.05) is 30.3 Å². The molecule has 9 nitrogen and oxygen atoms in total. The summed E-state index contributed by atoms with van der Waals surface area (Å²) in [4.78, 5) is 25.0. The van der Waals surface area contributed by atoms with Crippen molar-refractivity contribution in [1.29, 1.82) is 0 Å². The molecule has 31 heavy (non-hydrogen) atoms. The van der Waals surface area contributed by atoms with Crippen molar-refractivity contribution < 1.29 is 32.2 Å². The summed E-state index contributed by atoms with van der Waals surface area (Å²) >= 11 is 0. The van der Waals surface area contributed by atoms with Gasteiger partial charge in [-0.25, -0.2) is 13.2 Å². The number of hydrogen-bond acceptors (Lipinski definition) is 7. The normalized spacial score (nSPS) is 13.7. The summed E-state index contributed by atoms with van der Waals surface area (Å²) in [5.74, 6) is 0.218. The van der Waals surface area contributed by atoms with E-state index in [0.29, 0.717) is 30.4 Å². The van der Waals surface area contributed by atoms with Gasteiger partial charge < -0.3 is 24.8 Å². The van der Waals surface area contributed by atoms with Crippen LogP contribution in [0.1, 0.15) is 12.0 Å². The van der Waals surface area contributed by atoms with Gasteiger partial charge >= 0.3 is 6.09 Å². The zero-order valence-corrected chi connectivity index (χ0v) is 17.8. The second-order valence-electron chi connectivity index (χ2n) is 7.02. The molecular weight excluding hydrogens is 424 g/mol. The van der Waals surface area contributed by atoms with Crippen molar-refractivity contribution in [3.05, 3.63) is 54.1 Å². The van der Waals surface area contributed by atoms with Gasteiger partial charge in [-0.3, -0.25) is 4.79 Å². The first-order chi connectivity index (χ1) is 14.8. The van der Waals surface area contributed by atoms with Gasteiger partial charge in [-0.15, -0.1) is 0 Å². The van der Waals surface area contributed by atoms with Crippen LogP contribution >= 0.6 is 0 Å². The van der Waals surface area contributed by atoms with Crippen LogP contribution in [0.25, 0.3) is 0 Å². The Morgan fingerprint density at radius 2 is 1.77 bits per heavy atom. The Labute approximate surface area is 180 Å². The smallest absolute Gasteiger partial charge is 0.408 e. The fourth-order valence-electron chi connectivity index (χ4n) is 2.86. The number of rotatable bonds is 8. The van der Waals surface area contributed by atoms with E-state index in [1.807, 2.05) is 18.2 Å². The summed E-state index contributed by atoms with van der Waals surface area (Å²) in [6.45, 7) is 0.868. The standard InChI is InChI=1S/C21H24N2O7S/c1-31(26,27)12-9-17(23-21(25)30-14-15-5-3-2-4-6-15)20(24)22-16-7-8-18-19(13-16)29-11-10-28-18/h2-8,13,17H,9-12,14H2,1H3,(H,22,24)(H,23,25). The first-order valence-electron chi connectivity index (χ1n) is 9.65. The lowest BCUT2D eigenvalue weighted by molar-refractivity contribution is -0.118.